The fraction of sp³-hybridized carbons (Fsp3) is 0.500. The molecule has 2 heterocycles. The Balaban J connectivity index is 1.48. The van der Waals surface area contributed by atoms with Gasteiger partial charge in [0.2, 0.25) is 0 Å². The molecule has 1 N–H and O–H groups in total. The molecule has 1 aliphatic rings. The zero-order valence-corrected chi connectivity index (χ0v) is 26.7. The van der Waals surface area contributed by atoms with E-state index in [1.807, 2.05) is 6.92 Å². The van der Waals surface area contributed by atoms with Gasteiger partial charge in [0.05, 0.1) is 49.7 Å². The van der Waals surface area contributed by atoms with E-state index in [0.717, 1.165) is 12.1 Å². The van der Waals surface area contributed by atoms with Gasteiger partial charge in [-0.25, -0.2) is 18.6 Å². The van der Waals surface area contributed by atoms with Crippen LogP contribution in [-0.2, 0) is 14.2 Å². The number of amides is 2. The molecule has 1 fully saturated rings. The second-order valence-electron chi connectivity index (χ2n) is 12.0. The van der Waals surface area contributed by atoms with Crippen LogP contribution in [0.5, 0.6) is 0 Å². The van der Waals surface area contributed by atoms with Gasteiger partial charge in [-0.1, -0.05) is 0 Å². The molecule has 0 bridgehead atoms. The first-order chi connectivity index (χ1) is 21.3. The van der Waals surface area contributed by atoms with E-state index in [1.165, 1.54) is 11.0 Å². The Labute approximate surface area is 262 Å². The SMILES string of the molecule is CC(Nc1ccc(F)c(F)c1)c1cc(C(=O)N(C)CCOCCN(C)C(=O)OC(C)(C)C)cc2ncc(N3CCOCC3)nc12. The summed E-state index contributed by atoms with van der Waals surface area (Å²) in [6, 6.07) is 6.63. The number of hydrogen-bond donors (Lipinski definition) is 1. The Kier molecular flexibility index (Phi) is 11.1. The minimum absolute atomic E-state index is 0.244. The zero-order valence-electron chi connectivity index (χ0n) is 26.7. The van der Waals surface area contributed by atoms with Crippen LogP contribution in [0.1, 0.15) is 49.7 Å². The molecule has 3 aromatic rings. The number of morpholine rings is 1. The van der Waals surface area contributed by atoms with Gasteiger partial charge in [0.1, 0.15) is 11.4 Å². The molecule has 0 radical (unpaired) electrons. The maximum Gasteiger partial charge on any atom is 0.410 e. The highest BCUT2D eigenvalue weighted by Crippen LogP contribution is 2.29. The summed E-state index contributed by atoms with van der Waals surface area (Å²) in [7, 11) is 3.32. The summed E-state index contributed by atoms with van der Waals surface area (Å²) < 4.78 is 44.0. The van der Waals surface area contributed by atoms with Crippen LogP contribution in [-0.4, -0.2) is 104 Å². The normalized spacial score (nSPS) is 14.3. The Morgan fingerprint density at radius 2 is 1.73 bits per heavy atom. The Hall–Kier alpha value is -4.10. The van der Waals surface area contributed by atoms with Crippen molar-refractivity contribution >= 4 is 34.5 Å². The van der Waals surface area contributed by atoms with Crippen molar-refractivity contribution in [1.29, 1.82) is 0 Å². The Bertz CT molecular complexity index is 1490. The molecule has 2 aromatic carbocycles. The van der Waals surface area contributed by atoms with E-state index in [9.17, 15) is 18.4 Å². The minimum atomic E-state index is -0.962. The van der Waals surface area contributed by atoms with Gasteiger partial charge in [0, 0.05) is 63.2 Å². The molecule has 2 amide bonds. The largest absolute Gasteiger partial charge is 0.444 e. The molecule has 4 rings (SSSR count). The number of nitrogens with zero attached hydrogens (tertiary/aromatic N) is 5. The van der Waals surface area contributed by atoms with E-state index in [0.29, 0.717) is 73.1 Å². The van der Waals surface area contributed by atoms with E-state index in [-0.39, 0.29) is 19.1 Å². The molecular formula is C32H42F2N6O5. The first kappa shape index (κ1) is 33.8. The highest BCUT2D eigenvalue weighted by molar-refractivity contribution is 5.98. The molecule has 244 valence electrons. The van der Waals surface area contributed by atoms with Crippen LogP contribution in [0, 0.1) is 11.6 Å². The standard InChI is InChI=1S/C32H42F2N6O5/c1-21(36-23-7-8-25(33)26(34)19-23)24-17-22(18-27-29(24)37-28(20-35-27)40-11-15-44-16-12-40)30(41)38(5)9-13-43-14-10-39(6)31(42)45-32(2,3)4/h7-8,17-21,36H,9-16H2,1-6H3. The average Bonchev–Trinajstić information content (AvgIpc) is 3.00. The highest BCUT2D eigenvalue weighted by Gasteiger charge is 2.22. The zero-order chi connectivity index (χ0) is 32.7. The monoisotopic (exact) mass is 628 g/mol. The third-order valence-corrected chi connectivity index (χ3v) is 7.21. The molecule has 1 unspecified atom stereocenters. The van der Waals surface area contributed by atoms with E-state index >= 15 is 0 Å². The van der Waals surface area contributed by atoms with E-state index in [2.05, 4.69) is 15.2 Å². The maximum atomic E-state index is 14.0. The third kappa shape index (κ3) is 9.21. The number of rotatable bonds is 11. The summed E-state index contributed by atoms with van der Waals surface area (Å²) in [5, 5.41) is 3.20. The van der Waals surface area contributed by atoms with Gasteiger partial charge in [-0.15, -0.1) is 0 Å². The van der Waals surface area contributed by atoms with Crippen LogP contribution in [0.4, 0.5) is 25.1 Å². The highest BCUT2D eigenvalue weighted by atomic mass is 19.2. The molecule has 11 nitrogen and oxygen atoms in total. The second kappa shape index (κ2) is 14.8. The summed E-state index contributed by atoms with van der Waals surface area (Å²) in [5.74, 6) is -1.45. The van der Waals surface area contributed by atoms with E-state index < -0.39 is 29.4 Å². The van der Waals surface area contributed by atoms with Crippen LogP contribution in [0.25, 0.3) is 11.0 Å². The summed E-state index contributed by atoms with van der Waals surface area (Å²) in [4.78, 5) is 40.3. The van der Waals surface area contributed by atoms with Crippen molar-refractivity contribution in [3.05, 3.63) is 59.3 Å². The van der Waals surface area contributed by atoms with E-state index in [1.54, 1.807) is 58.1 Å². The number of carbonyl (C=O) groups is 2. The van der Waals surface area contributed by atoms with Crippen LogP contribution >= 0.6 is 0 Å². The number of fused-ring (bicyclic) bond motifs is 1. The van der Waals surface area contributed by atoms with Crippen molar-refractivity contribution in [2.24, 2.45) is 0 Å². The molecule has 45 heavy (non-hydrogen) atoms. The number of likely N-dealkylation sites (N-methyl/N-ethyl adjacent to an activating group) is 2. The van der Waals surface area contributed by atoms with Gasteiger partial charge in [-0.3, -0.25) is 9.78 Å². The lowest BCUT2D eigenvalue weighted by molar-refractivity contribution is 0.0223. The van der Waals surface area contributed by atoms with E-state index in [4.69, 9.17) is 19.2 Å². The van der Waals surface area contributed by atoms with Crippen molar-refractivity contribution < 1.29 is 32.6 Å². The maximum absolute atomic E-state index is 14.0. The van der Waals surface area contributed by atoms with Gasteiger partial charge in [-0.05, 0) is 52.0 Å². The van der Waals surface area contributed by atoms with Crippen LogP contribution in [0.2, 0.25) is 0 Å². The van der Waals surface area contributed by atoms with Crippen molar-refractivity contribution in [3.63, 3.8) is 0 Å². The first-order valence-electron chi connectivity index (χ1n) is 14.9. The predicted molar refractivity (Wildman–Crippen MR) is 168 cm³/mol. The molecule has 1 aromatic heterocycles. The number of anilines is 2. The number of ether oxygens (including phenoxy) is 3. The van der Waals surface area contributed by atoms with Gasteiger partial charge >= 0.3 is 6.09 Å². The number of carbonyl (C=O) groups excluding carboxylic acids is 2. The van der Waals surface area contributed by atoms with Crippen molar-refractivity contribution in [3.8, 4) is 0 Å². The molecule has 1 atom stereocenters. The fourth-order valence-corrected chi connectivity index (χ4v) is 4.70. The lowest BCUT2D eigenvalue weighted by atomic mass is 10.0. The minimum Gasteiger partial charge on any atom is -0.444 e. The topological polar surface area (TPSA) is 109 Å². The van der Waals surface area contributed by atoms with Crippen molar-refractivity contribution in [1.82, 2.24) is 19.8 Å². The Morgan fingerprint density at radius 1 is 1.04 bits per heavy atom. The molecular weight excluding hydrogens is 586 g/mol. The molecule has 0 spiro atoms. The van der Waals surface area contributed by atoms with Crippen LogP contribution in [0.15, 0.2) is 36.5 Å². The molecule has 0 saturated carbocycles. The molecule has 1 aliphatic heterocycles. The van der Waals surface area contributed by atoms with Crippen molar-refractivity contribution in [2.45, 2.75) is 39.3 Å². The summed E-state index contributed by atoms with van der Waals surface area (Å²) in [6.07, 6.45) is 1.25. The number of halogens is 2. The number of nitrogens with one attached hydrogen (secondary N) is 1. The lowest BCUT2D eigenvalue weighted by Gasteiger charge is -2.28. The summed E-state index contributed by atoms with van der Waals surface area (Å²) in [5.41, 5.74) is 2.01. The summed E-state index contributed by atoms with van der Waals surface area (Å²) >= 11 is 0. The number of benzene rings is 2. The van der Waals surface area contributed by atoms with Crippen LogP contribution in [0.3, 0.4) is 0 Å². The quantitative estimate of drug-likeness (QED) is 0.298. The summed E-state index contributed by atoms with van der Waals surface area (Å²) in [6.45, 7) is 11.0. The van der Waals surface area contributed by atoms with Gasteiger partial charge in [0.25, 0.3) is 5.91 Å². The van der Waals surface area contributed by atoms with Gasteiger partial charge in [0.15, 0.2) is 11.6 Å². The molecule has 1 saturated heterocycles. The predicted octanol–water partition coefficient (Wildman–Crippen LogP) is 4.87. The number of hydrogen-bond acceptors (Lipinski definition) is 9. The second-order valence-corrected chi connectivity index (χ2v) is 12.0. The van der Waals surface area contributed by atoms with Crippen molar-refractivity contribution in [2.75, 3.05) is 76.9 Å². The molecule has 13 heteroatoms. The first-order valence-corrected chi connectivity index (χ1v) is 14.9. The van der Waals surface area contributed by atoms with Gasteiger partial charge in [-0.2, -0.15) is 0 Å². The lowest BCUT2D eigenvalue weighted by Crippen LogP contribution is -2.36. The van der Waals surface area contributed by atoms with Crippen LogP contribution < -0.4 is 10.2 Å². The third-order valence-electron chi connectivity index (χ3n) is 7.21. The average molecular weight is 629 g/mol. The molecule has 0 aliphatic carbocycles. The number of aromatic nitrogens is 2. The van der Waals surface area contributed by atoms with Gasteiger partial charge < -0.3 is 34.2 Å². The Morgan fingerprint density at radius 3 is 2.40 bits per heavy atom. The smallest absolute Gasteiger partial charge is 0.410 e. The fourth-order valence-electron chi connectivity index (χ4n) is 4.70.